The summed E-state index contributed by atoms with van der Waals surface area (Å²) in [7, 11) is 1.91. The van der Waals surface area contributed by atoms with E-state index in [4.69, 9.17) is 4.74 Å². The number of H-pyrrole nitrogens is 1. The van der Waals surface area contributed by atoms with E-state index in [0.29, 0.717) is 6.61 Å². The molecule has 1 unspecified atom stereocenters. The first-order valence-electron chi connectivity index (χ1n) is 5.75. The molecular weight excluding hydrogens is 214 g/mol. The predicted molar refractivity (Wildman–Crippen MR) is 67.1 cm³/mol. The first-order valence-corrected chi connectivity index (χ1v) is 5.75. The maximum Gasteiger partial charge on any atom is 0.127 e. The van der Waals surface area contributed by atoms with Crippen molar-refractivity contribution in [3.63, 3.8) is 0 Å². The summed E-state index contributed by atoms with van der Waals surface area (Å²) in [5.74, 6) is 1.78. The molecule has 4 heteroatoms. The molecule has 1 atom stereocenters. The van der Waals surface area contributed by atoms with Gasteiger partial charge in [-0.2, -0.15) is 0 Å². The summed E-state index contributed by atoms with van der Waals surface area (Å²) in [6.45, 7) is 2.64. The van der Waals surface area contributed by atoms with E-state index in [0.717, 1.165) is 17.1 Å². The maximum atomic E-state index is 5.64. The van der Waals surface area contributed by atoms with Gasteiger partial charge in [0.2, 0.25) is 0 Å². The molecule has 2 N–H and O–H groups in total. The number of nitrogens with one attached hydrogen (secondary N) is 2. The quantitative estimate of drug-likeness (QED) is 0.828. The van der Waals surface area contributed by atoms with Crippen molar-refractivity contribution in [3.05, 3.63) is 48.0 Å². The van der Waals surface area contributed by atoms with Crippen molar-refractivity contribution >= 4 is 0 Å². The Morgan fingerprint density at radius 1 is 1.41 bits per heavy atom. The standard InChI is InChI=1S/C13H17N3O/c1-3-17-11-7-5-4-6-10(11)12(14-2)13-15-8-9-16-13/h4-9,12,14H,3H2,1-2H3,(H,15,16). The fourth-order valence-electron chi connectivity index (χ4n) is 1.88. The highest BCUT2D eigenvalue weighted by Gasteiger charge is 2.17. The summed E-state index contributed by atoms with van der Waals surface area (Å²) >= 11 is 0. The lowest BCUT2D eigenvalue weighted by molar-refractivity contribution is 0.333. The van der Waals surface area contributed by atoms with Crippen LogP contribution >= 0.6 is 0 Å². The Labute approximate surface area is 101 Å². The van der Waals surface area contributed by atoms with E-state index < -0.39 is 0 Å². The number of para-hydroxylation sites is 1. The Balaban J connectivity index is 2.37. The van der Waals surface area contributed by atoms with Crippen molar-refractivity contribution < 1.29 is 4.74 Å². The van der Waals surface area contributed by atoms with Gasteiger partial charge < -0.3 is 15.0 Å². The van der Waals surface area contributed by atoms with Crippen molar-refractivity contribution in [2.45, 2.75) is 13.0 Å². The van der Waals surface area contributed by atoms with Crippen LogP contribution in [0.25, 0.3) is 0 Å². The Morgan fingerprint density at radius 2 is 2.24 bits per heavy atom. The van der Waals surface area contributed by atoms with E-state index in [-0.39, 0.29) is 6.04 Å². The molecule has 0 saturated carbocycles. The third-order valence-corrected chi connectivity index (χ3v) is 2.61. The zero-order valence-corrected chi connectivity index (χ0v) is 10.1. The van der Waals surface area contributed by atoms with Crippen molar-refractivity contribution in [1.82, 2.24) is 15.3 Å². The molecule has 2 rings (SSSR count). The monoisotopic (exact) mass is 231 g/mol. The van der Waals surface area contributed by atoms with Crippen molar-refractivity contribution in [1.29, 1.82) is 0 Å². The van der Waals surface area contributed by atoms with Crippen LogP contribution in [0.2, 0.25) is 0 Å². The lowest BCUT2D eigenvalue weighted by Crippen LogP contribution is -2.19. The predicted octanol–water partition coefficient (Wildman–Crippen LogP) is 2.12. The van der Waals surface area contributed by atoms with Gasteiger partial charge in [0.15, 0.2) is 0 Å². The molecular formula is C13H17N3O. The third-order valence-electron chi connectivity index (χ3n) is 2.61. The summed E-state index contributed by atoms with van der Waals surface area (Å²) in [4.78, 5) is 7.42. The minimum absolute atomic E-state index is 0.0211. The van der Waals surface area contributed by atoms with Gasteiger partial charge in [-0.25, -0.2) is 4.98 Å². The first kappa shape index (κ1) is 11.7. The summed E-state index contributed by atoms with van der Waals surface area (Å²) in [5.41, 5.74) is 1.09. The normalized spacial score (nSPS) is 12.4. The lowest BCUT2D eigenvalue weighted by Gasteiger charge is -2.17. The number of nitrogens with zero attached hydrogens (tertiary/aromatic N) is 1. The zero-order valence-electron chi connectivity index (χ0n) is 10.1. The lowest BCUT2D eigenvalue weighted by atomic mass is 10.1. The molecule has 0 fully saturated rings. The van der Waals surface area contributed by atoms with E-state index >= 15 is 0 Å². The Hall–Kier alpha value is -1.81. The van der Waals surface area contributed by atoms with Crippen LogP contribution in [0.1, 0.15) is 24.4 Å². The number of hydrogen-bond acceptors (Lipinski definition) is 3. The highest BCUT2D eigenvalue weighted by molar-refractivity contribution is 5.38. The molecule has 90 valence electrons. The van der Waals surface area contributed by atoms with E-state index in [1.54, 1.807) is 6.20 Å². The molecule has 0 spiro atoms. The molecule has 4 nitrogen and oxygen atoms in total. The average molecular weight is 231 g/mol. The van der Waals surface area contributed by atoms with Gasteiger partial charge in [0.1, 0.15) is 11.6 Å². The van der Waals surface area contributed by atoms with Gasteiger partial charge in [-0.1, -0.05) is 18.2 Å². The molecule has 2 aromatic rings. The Bertz CT molecular complexity index is 453. The van der Waals surface area contributed by atoms with Crippen molar-refractivity contribution in [2.75, 3.05) is 13.7 Å². The number of rotatable bonds is 5. The minimum atomic E-state index is 0.0211. The van der Waals surface area contributed by atoms with E-state index in [2.05, 4.69) is 21.4 Å². The number of benzene rings is 1. The smallest absolute Gasteiger partial charge is 0.127 e. The number of hydrogen-bond donors (Lipinski definition) is 2. The minimum Gasteiger partial charge on any atom is -0.494 e. The average Bonchev–Trinajstić information content (AvgIpc) is 2.86. The second-order valence-electron chi connectivity index (χ2n) is 3.67. The Kier molecular flexibility index (Phi) is 3.77. The van der Waals surface area contributed by atoms with Crippen LogP contribution in [-0.4, -0.2) is 23.6 Å². The van der Waals surface area contributed by atoms with Crippen LogP contribution in [0.5, 0.6) is 5.75 Å². The van der Waals surface area contributed by atoms with Gasteiger partial charge in [0.25, 0.3) is 0 Å². The molecule has 0 amide bonds. The SMILES string of the molecule is CCOc1ccccc1C(NC)c1ncc[nH]1. The van der Waals surface area contributed by atoms with Crippen LogP contribution in [-0.2, 0) is 0 Å². The summed E-state index contributed by atoms with van der Waals surface area (Å²) in [6, 6.07) is 8.03. The molecule has 0 bridgehead atoms. The molecule has 0 aliphatic carbocycles. The van der Waals surface area contributed by atoms with Gasteiger partial charge in [-0.15, -0.1) is 0 Å². The van der Waals surface area contributed by atoms with E-state index in [1.807, 2.05) is 38.4 Å². The molecule has 17 heavy (non-hydrogen) atoms. The number of imidazole rings is 1. The zero-order chi connectivity index (χ0) is 12.1. The van der Waals surface area contributed by atoms with E-state index in [1.165, 1.54) is 0 Å². The molecule has 1 aromatic heterocycles. The fourth-order valence-corrected chi connectivity index (χ4v) is 1.88. The van der Waals surface area contributed by atoms with Crippen molar-refractivity contribution in [2.24, 2.45) is 0 Å². The van der Waals surface area contributed by atoms with E-state index in [9.17, 15) is 0 Å². The topological polar surface area (TPSA) is 49.9 Å². The number of aromatic amines is 1. The van der Waals surface area contributed by atoms with Gasteiger partial charge in [0.05, 0.1) is 12.6 Å². The van der Waals surface area contributed by atoms with Gasteiger partial charge in [0, 0.05) is 18.0 Å². The second kappa shape index (κ2) is 5.50. The summed E-state index contributed by atoms with van der Waals surface area (Å²) in [5, 5.41) is 3.25. The first-order chi connectivity index (χ1) is 8.36. The number of ether oxygens (including phenoxy) is 1. The van der Waals surface area contributed by atoms with Crippen LogP contribution < -0.4 is 10.1 Å². The number of aromatic nitrogens is 2. The van der Waals surface area contributed by atoms with Gasteiger partial charge in [-0.3, -0.25) is 0 Å². The fraction of sp³-hybridized carbons (Fsp3) is 0.308. The van der Waals surface area contributed by atoms with Crippen LogP contribution in [0.3, 0.4) is 0 Å². The molecule has 0 aliphatic rings. The van der Waals surface area contributed by atoms with Gasteiger partial charge in [-0.05, 0) is 20.0 Å². The highest BCUT2D eigenvalue weighted by Crippen LogP contribution is 2.27. The molecule has 0 saturated heterocycles. The molecule has 1 aromatic carbocycles. The highest BCUT2D eigenvalue weighted by atomic mass is 16.5. The second-order valence-corrected chi connectivity index (χ2v) is 3.67. The molecule has 0 radical (unpaired) electrons. The Morgan fingerprint density at radius 3 is 2.88 bits per heavy atom. The third kappa shape index (κ3) is 2.47. The summed E-state index contributed by atoms with van der Waals surface area (Å²) < 4.78 is 5.64. The summed E-state index contributed by atoms with van der Waals surface area (Å²) in [6.07, 6.45) is 3.58. The van der Waals surface area contributed by atoms with Crippen LogP contribution in [0, 0.1) is 0 Å². The van der Waals surface area contributed by atoms with Crippen molar-refractivity contribution in [3.8, 4) is 5.75 Å². The van der Waals surface area contributed by atoms with Crippen LogP contribution in [0.4, 0.5) is 0 Å². The van der Waals surface area contributed by atoms with Crippen LogP contribution in [0.15, 0.2) is 36.7 Å². The maximum absolute atomic E-state index is 5.64. The molecule has 0 aliphatic heterocycles. The molecule has 1 heterocycles. The largest absolute Gasteiger partial charge is 0.494 e. The van der Waals surface area contributed by atoms with Gasteiger partial charge >= 0.3 is 0 Å².